The molecule has 1 aromatic heterocycles. The average molecular weight is 279 g/mol. The van der Waals surface area contributed by atoms with Crippen molar-refractivity contribution in [3.63, 3.8) is 0 Å². The second-order valence-electron chi connectivity index (χ2n) is 4.10. The van der Waals surface area contributed by atoms with E-state index in [4.69, 9.17) is 22.1 Å². The maximum absolute atomic E-state index is 5.98. The molecule has 0 aliphatic heterocycles. The Morgan fingerprint density at radius 1 is 1.26 bits per heavy atom. The Bertz CT molecular complexity index is 616. The topological polar surface area (TPSA) is 73.1 Å². The van der Waals surface area contributed by atoms with Gasteiger partial charge in [-0.25, -0.2) is 9.97 Å². The lowest BCUT2D eigenvalue weighted by Crippen LogP contribution is -2.04. The van der Waals surface area contributed by atoms with E-state index in [0.29, 0.717) is 28.2 Å². The van der Waals surface area contributed by atoms with Gasteiger partial charge in [-0.15, -0.1) is 0 Å². The standard InChI is InChI=1S/C13H15ClN4O/c1-7-12(15)16-8(2)17-13(7)18-9-4-5-10(14)11(6-9)19-3/h4-6H,1-3H3,(H3,15,16,17,18). The molecule has 100 valence electrons. The number of aromatic nitrogens is 2. The van der Waals surface area contributed by atoms with Crippen molar-refractivity contribution in [1.29, 1.82) is 0 Å². The first-order chi connectivity index (χ1) is 9.01. The highest BCUT2D eigenvalue weighted by atomic mass is 35.5. The number of anilines is 3. The second kappa shape index (κ2) is 5.32. The summed E-state index contributed by atoms with van der Waals surface area (Å²) in [5.74, 6) is 2.36. The van der Waals surface area contributed by atoms with Crippen LogP contribution in [0, 0.1) is 13.8 Å². The lowest BCUT2D eigenvalue weighted by atomic mass is 10.2. The van der Waals surface area contributed by atoms with Crippen LogP contribution >= 0.6 is 11.6 Å². The van der Waals surface area contributed by atoms with E-state index in [9.17, 15) is 0 Å². The number of nitrogens with two attached hydrogens (primary N) is 1. The van der Waals surface area contributed by atoms with Gasteiger partial charge < -0.3 is 15.8 Å². The summed E-state index contributed by atoms with van der Waals surface area (Å²) in [5, 5.41) is 3.74. The van der Waals surface area contributed by atoms with Gasteiger partial charge >= 0.3 is 0 Å². The maximum atomic E-state index is 5.98. The van der Waals surface area contributed by atoms with E-state index < -0.39 is 0 Å². The third kappa shape index (κ3) is 2.88. The first kappa shape index (κ1) is 13.4. The summed E-state index contributed by atoms with van der Waals surface area (Å²) in [4.78, 5) is 8.43. The van der Waals surface area contributed by atoms with Gasteiger partial charge in [0.25, 0.3) is 0 Å². The lowest BCUT2D eigenvalue weighted by Gasteiger charge is -2.12. The summed E-state index contributed by atoms with van der Waals surface area (Å²) in [6.07, 6.45) is 0. The minimum atomic E-state index is 0.468. The van der Waals surface area contributed by atoms with Gasteiger partial charge in [-0.05, 0) is 26.0 Å². The number of halogens is 1. The van der Waals surface area contributed by atoms with Crippen LogP contribution in [0.3, 0.4) is 0 Å². The van der Waals surface area contributed by atoms with E-state index in [-0.39, 0.29) is 0 Å². The molecule has 0 spiro atoms. The number of benzene rings is 1. The number of rotatable bonds is 3. The number of aryl methyl sites for hydroxylation is 1. The highest BCUT2D eigenvalue weighted by molar-refractivity contribution is 6.32. The van der Waals surface area contributed by atoms with E-state index >= 15 is 0 Å². The smallest absolute Gasteiger partial charge is 0.139 e. The molecule has 5 nitrogen and oxygen atoms in total. The molecular weight excluding hydrogens is 264 g/mol. The van der Waals surface area contributed by atoms with Crippen molar-refractivity contribution < 1.29 is 4.74 Å². The molecule has 3 N–H and O–H groups in total. The van der Waals surface area contributed by atoms with Crippen LogP contribution in [0.4, 0.5) is 17.3 Å². The molecule has 19 heavy (non-hydrogen) atoms. The molecule has 0 saturated heterocycles. The molecular formula is C13H15ClN4O. The molecule has 1 aromatic carbocycles. The fourth-order valence-corrected chi connectivity index (χ4v) is 1.84. The van der Waals surface area contributed by atoms with Gasteiger partial charge in [0.15, 0.2) is 0 Å². The van der Waals surface area contributed by atoms with Gasteiger partial charge in [0.1, 0.15) is 23.2 Å². The number of nitrogen functional groups attached to an aromatic ring is 1. The minimum absolute atomic E-state index is 0.468. The summed E-state index contributed by atoms with van der Waals surface area (Å²) in [5.41, 5.74) is 7.44. The molecule has 0 aliphatic carbocycles. The van der Waals surface area contributed by atoms with Crippen LogP contribution in [0.15, 0.2) is 18.2 Å². The highest BCUT2D eigenvalue weighted by Crippen LogP contribution is 2.29. The Labute approximate surface area is 116 Å². The molecule has 0 fully saturated rings. The molecule has 0 unspecified atom stereocenters. The van der Waals surface area contributed by atoms with Crippen LogP contribution in [0.5, 0.6) is 5.75 Å². The molecule has 0 atom stereocenters. The summed E-state index contributed by atoms with van der Waals surface area (Å²) in [7, 11) is 1.57. The number of methoxy groups -OCH3 is 1. The molecule has 6 heteroatoms. The average Bonchev–Trinajstić information content (AvgIpc) is 2.37. The van der Waals surface area contributed by atoms with E-state index in [1.54, 1.807) is 26.2 Å². The van der Waals surface area contributed by atoms with E-state index in [0.717, 1.165) is 11.3 Å². The molecule has 0 radical (unpaired) electrons. The minimum Gasteiger partial charge on any atom is -0.495 e. The van der Waals surface area contributed by atoms with E-state index in [1.165, 1.54) is 0 Å². The number of hydrogen-bond acceptors (Lipinski definition) is 5. The molecule has 0 amide bonds. The van der Waals surface area contributed by atoms with Crippen molar-refractivity contribution in [2.75, 3.05) is 18.2 Å². The molecule has 2 rings (SSSR count). The highest BCUT2D eigenvalue weighted by Gasteiger charge is 2.08. The van der Waals surface area contributed by atoms with Crippen LogP contribution in [-0.4, -0.2) is 17.1 Å². The third-order valence-corrected chi connectivity index (χ3v) is 3.02. The Morgan fingerprint density at radius 3 is 2.68 bits per heavy atom. The van der Waals surface area contributed by atoms with Gasteiger partial charge in [-0.3, -0.25) is 0 Å². The molecule has 0 aliphatic rings. The van der Waals surface area contributed by atoms with Crippen LogP contribution in [-0.2, 0) is 0 Å². The van der Waals surface area contributed by atoms with Gasteiger partial charge in [-0.1, -0.05) is 11.6 Å². The summed E-state index contributed by atoms with van der Waals surface area (Å²) < 4.78 is 5.17. The first-order valence-electron chi connectivity index (χ1n) is 5.72. The SMILES string of the molecule is COc1cc(Nc2nc(C)nc(N)c2C)ccc1Cl. The number of hydrogen-bond donors (Lipinski definition) is 2. The maximum Gasteiger partial charge on any atom is 0.139 e. The van der Waals surface area contributed by atoms with Gasteiger partial charge in [0.05, 0.1) is 12.1 Å². The Morgan fingerprint density at radius 2 is 2.00 bits per heavy atom. The zero-order valence-electron chi connectivity index (χ0n) is 11.0. The molecule has 1 heterocycles. The molecule has 0 saturated carbocycles. The lowest BCUT2D eigenvalue weighted by molar-refractivity contribution is 0.415. The van der Waals surface area contributed by atoms with Crippen molar-refractivity contribution in [3.8, 4) is 5.75 Å². The van der Waals surface area contributed by atoms with Gasteiger partial charge in [0, 0.05) is 17.3 Å². The Balaban J connectivity index is 2.36. The predicted octanol–water partition coefficient (Wildman–Crippen LogP) is 3.08. The number of nitrogens with one attached hydrogen (secondary N) is 1. The normalized spacial score (nSPS) is 10.3. The summed E-state index contributed by atoms with van der Waals surface area (Å²) >= 11 is 5.98. The summed E-state index contributed by atoms with van der Waals surface area (Å²) in [6.45, 7) is 3.66. The zero-order valence-corrected chi connectivity index (χ0v) is 11.7. The number of nitrogens with zero attached hydrogens (tertiary/aromatic N) is 2. The van der Waals surface area contributed by atoms with Crippen LogP contribution < -0.4 is 15.8 Å². The predicted molar refractivity (Wildman–Crippen MR) is 77.2 cm³/mol. The van der Waals surface area contributed by atoms with Gasteiger partial charge in [-0.2, -0.15) is 0 Å². The fraction of sp³-hybridized carbons (Fsp3) is 0.231. The first-order valence-corrected chi connectivity index (χ1v) is 6.10. The van der Waals surface area contributed by atoms with Crippen LogP contribution in [0.2, 0.25) is 5.02 Å². The van der Waals surface area contributed by atoms with Gasteiger partial charge in [0.2, 0.25) is 0 Å². The van der Waals surface area contributed by atoms with Crippen molar-refractivity contribution >= 4 is 28.9 Å². The fourth-order valence-electron chi connectivity index (χ4n) is 1.65. The van der Waals surface area contributed by atoms with Crippen molar-refractivity contribution in [2.24, 2.45) is 0 Å². The van der Waals surface area contributed by atoms with E-state index in [1.807, 2.05) is 13.0 Å². The monoisotopic (exact) mass is 278 g/mol. The third-order valence-electron chi connectivity index (χ3n) is 2.71. The van der Waals surface area contributed by atoms with Crippen molar-refractivity contribution in [2.45, 2.75) is 13.8 Å². The Kier molecular flexibility index (Phi) is 3.76. The van der Waals surface area contributed by atoms with Crippen LogP contribution in [0.1, 0.15) is 11.4 Å². The van der Waals surface area contributed by atoms with Crippen molar-refractivity contribution in [3.05, 3.63) is 34.6 Å². The quantitative estimate of drug-likeness (QED) is 0.903. The second-order valence-corrected chi connectivity index (χ2v) is 4.51. The largest absolute Gasteiger partial charge is 0.495 e. The number of ether oxygens (including phenoxy) is 1. The molecule has 2 aromatic rings. The molecule has 0 bridgehead atoms. The van der Waals surface area contributed by atoms with E-state index in [2.05, 4.69) is 15.3 Å². The summed E-state index contributed by atoms with van der Waals surface area (Å²) in [6, 6.07) is 5.41. The zero-order chi connectivity index (χ0) is 14.0. The Hall–Kier alpha value is -2.01. The van der Waals surface area contributed by atoms with Crippen LogP contribution in [0.25, 0.3) is 0 Å². The van der Waals surface area contributed by atoms with Crippen molar-refractivity contribution in [1.82, 2.24) is 9.97 Å².